The molecule has 4 aliphatic rings. The molecule has 20 nitrogen and oxygen atoms in total. The number of amides is 1. The highest BCUT2D eigenvalue weighted by Gasteiger charge is 2.54. The summed E-state index contributed by atoms with van der Waals surface area (Å²) in [6.45, 7) is 0.223. The molecule has 4 fully saturated rings. The van der Waals surface area contributed by atoms with Crippen LogP contribution in [0.25, 0.3) is 0 Å². The maximum atomic E-state index is 11.4. The van der Waals surface area contributed by atoms with E-state index in [0.29, 0.717) is 0 Å². The lowest BCUT2D eigenvalue weighted by Gasteiger charge is -2.47. The summed E-state index contributed by atoms with van der Waals surface area (Å²) in [7, 11) is 0. The van der Waals surface area contributed by atoms with E-state index in [1.54, 1.807) is 0 Å². The Labute approximate surface area is 258 Å². The van der Waals surface area contributed by atoms with E-state index >= 15 is 0 Å². The Bertz CT molecular complexity index is 975. The zero-order valence-corrected chi connectivity index (χ0v) is 24.7. The number of hydrogen-bond acceptors (Lipinski definition) is 19. The molecule has 0 aromatic heterocycles. The first-order valence-electron chi connectivity index (χ1n) is 14.8. The number of nitrogens with two attached hydrogens (primary N) is 5. The Morgan fingerprint density at radius 1 is 0.689 bits per heavy atom. The molecule has 4 rings (SSSR count). The van der Waals surface area contributed by atoms with E-state index in [1.165, 1.54) is 6.92 Å². The maximum Gasteiger partial charge on any atom is 0.216 e. The molecule has 7 unspecified atom stereocenters. The van der Waals surface area contributed by atoms with Crippen molar-refractivity contribution in [1.29, 1.82) is 0 Å². The fourth-order valence-electron chi connectivity index (χ4n) is 5.96. The zero-order valence-electron chi connectivity index (χ0n) is 24.7. The van der Waals surface area contributed by atoms with Crippen LogP contribution in [0.4, 0.5) is 0 Å². The van der Waals surface area contributed by atoms with Gasteiger partial charge in [0, 0.05) is 32.1 Å². The number of aliphatic hydroxyl groups excluding tert-OH is 7. The third-order valence-corrected chi connectivity index (χ3v) is 8.69. The molecule has 0 aromatic rings. The fourth-order valence-corrected chi connectivity index (χ4v) is 5.96. The number of rotatable bonds is 10. The first-order chi connectivity index (χ1) is 21.2. The van der Waals surface area contributed by atoms with E-state index in [2.05, 4.69) is 5.32 Å². The van der Waals surface area contributed by atoms with Crippen LogP contribution in [0, 0.1) is 0 Å². The zero-order chi connectivity index (χ0) is 33.3. The van der Waals surface area contributed by atoms with Gasteiger partial charge in [-0.2, -0.15) is 0 Å². The summed E-state index contributed by atoms with van der Waals surface area (Å²) in [4.78, 5) is 11.4. The third-order valence-electron chi connectivity index (χ3n) is 8.69. The topological polar surface area (TPSA) is 356 Å². The highest BCUT2D eigenvalue weighted by Crippen LogP contribution is 2.34. The molecule has 0 bridgehead atoms. The first kappa shape index (κ1) is 36.6. The van der Waals surface area contributed by atoms with Gasteiger partial charge in [0.15, 0.2) is 18.9 Å². The van der Waals surface area contributed by atoms with Gasteiger partial charge in [-0.3, -0.25) is 4.79 Å². The van der Waals surface area contributed by atoms with Crippen molar-refractivity contribution < 1.29 is 69.0 Å². The summed E-state index contributed by atoms with van der Waals surface area (Å²) in [6.07, 6.45) is -20.5. The van der Waals surface area contributed by atoms with Crippen LogP contribution in [-0.4, -0.2) is 178 Å². The van der Waals surface area contributed by atoms with Gasteiger partial charge in [-0.25, -0.2) is 0 Å². The molecule has 0 radical (unpaired) electrons. The van der Waals surface area contributed by atoms with E-state index in [0.717, 1.165) is 0 Å². The molecule has 262 valence electrons. The minimum atomic E-state index is -1.65. The smallest absolute Gasteiger partial charge is 0.216 e. The summed E-state index contributed by atoms with van der Waals surface area (Å²) in [5.41, 5.74) is 30.1. The van der Waals surface area contributed by atoms with Gasteiger partial charge in [-0.05, 0) is 6.42 Å². The van der Waals surface area contributed by atoms with Crippen LogP contribution in [0.3, 0.4) is 0 Å². The number of carbonyl (C=O) groups is 1. The van der Waals surface area contributed by atoms with Crippen molar-refractivity contribution in [3.05, 3.63) is 0 Å². The van der Waals surface area contributed by atoms with Gasteiger partial charge < -0.3 is 98.2 Å². The Kier molecular flexibility index (Phi) is 12.5. The summed E-state index contributed by atoms with van der Waals surface area (Å²) in [5.74, 6) is -0.413. The molecule has 1 aliphatic carbocycles. The molecule has 45 heavy (non-hydrogen) atoms. The molecule has 1 amide bonds. The highest BCUT2D eigenvalue weighted by molar-refractivity contribution is 5.72. The van der Waals surface area contributed by atoms with Gasteiger partial charge in [-0.15, -0.1) is 0 Å². The summed E-state index contributed by atoms with van der Waals surface area (Å²) < 4.78 is 34.9. The fraction of sp³-hybridized carbons (Fsp3) is 0.960. The minimum absolute atomic E-state index is 0.0724. The molecule has 0 spiro atoms. The standard InChI is InChI=1S/C25H48N6O14/c1-6(33)31-4-10-16(36)18(38)13(30)24(41-10)44-21-11(5-32)42-25(19(21)39)45-22-14(34)7(27)2-8(28)20(22)43-23-12(29)17(37)15(35)9(3-26)40-23/h7-25,32,34-39H,2-5,26-30H2,1H3,(H,31,33)/t7-,8?,9?,10?,11-,12?,13+,14-,15-,16-,17-,18?,19+,20-,21?,22?,23-,24-,25+/m1/s1. The lowest BCUT2D eigenvalue weighted by atomic mass is 9.84. The van der Waals surface area contributed by atoms with Gasteiger partial charge in [0.1, 0.15) is 67.1 Å². The lowest BCUT2D eigenvalue weighted by Crippen LogP contribution is -2.68. The van der Waals surface area contributed by atoms with Crippen molar-refractivity contribution >= 4 is 5.91 Å². The average molecular weight is 657 g/mol. The minimum Gasteiger partial charge on any atom is -0.394 e. The largest absolute Gasteiger partial charge is 0.394 e. The van der Waals surface area contributed by atoms with Crippen molar-refractivity contribution in [1.82, 2.24) is 5.32 Å². The van der Waals surface area contributed by atoms with Crippen molar-refractivity contribution in [2.45, 2.75) is 130 Å². The van der Waals surface area contributed by atoms with Crippen LogP contribution in [0.1, 0.15) is 13.3 Å². The number of ether oxygens (including phenoxy) is 6. The Hall–Kier alpha value is -1.25. The Balaban J connectivity index is 1.49. The van der Waals surface area contributed by atoms with Crippen LogP contribution in [0.5, 0.6) is 0 Å². The van der Waals surface area contributed by atoms with Crippen LogP contribution in [0.2, 0.25) is 0 Å². The van der Waals surface area contributed by atoms with Crippen molar-refractivity contribution in [3.63, 3.8) is 0 Å². The molecular formula is C25H48N6O14. The number of nitrogens with one attached hydrogen (secondary N) is 1. The van der Waals surface area contributed by atoms with Crippen LogP contribution in [-0.2, 0) is 33.2 Å². The summed E-state index contributed by atoms with van der Waals surface area (Å²) in [5, 5.41) is 76.1. The number of aliphatic hydroxyl groups is 7. The SMILES string of the molecule is CC(=O)NCC1O[C@H](OC2[C@@H](CO)O[C@@H](OC3[C@H](O[C@H]4OC(CN)[C@@H](O)[C@H](O)C4N)C(N)C[C@@H](N)[C@H]3O)[C@H]2O)[C@@H](N)C(O)[C@@H]1O. The van der Waals surface area contributed by atoms with E-state index in [9.17, 15) is 40.5 Å². The second kappa shape index (κ2) is 15.3. The monoisotopic (exact) mass is 656 g/mol. The van der Waals surface area contributed by atoms with Crippen molar-refractivity contribution in [2.75, 3.05) is 19.7 Å². The van der Waals surface area contributed by atoms with Gasteiger partial charge in [0.05, 0.1) is 24.8 Å². The predicted octanol–water partition coefficient (Wildman–Crippen LogP) is -8.72. The van der Waals surface area contributed by atoms with E-state index < -0.39 is 129 Å². The quantitative estimate of drug-likeness (QED) is 0.104. The second-order valence-electron chi connectivity index (χ2n) is 11.9. The predicted molar refractivity (Wildman–Crippen MR) is 148 cm³/mol. The lowest BCUT2D eigenvalue weighted by molar-refractivity contribution is -0.306. The highest BCUT2D eigenvalue weighted by atomic mass is 16.8. The molecule has 0 aromatic carbocycles. The number of hydrogen-bond donors (Lipinski definition) is 13. The van der Waals surface area contributed by atoms with Gasteiger partial charge >= 0.3 is 0 Å². The summed E-state index contributed by atoms with van der Waals surface area (Å²) in [6, 6.07) is -4.31. The van der Waals surface area contributed by atoms with Gasteiger partial charge in [0.2, 0.25) is 5.91 Å². The first-order valence-corrected chi connectivity index (χ1v) is 14.8. The van der Waals surface area contributed by atoms with Gasteiger partial charge in [-0.1, -0.05) is 0 Å². The van der Waals surface area contributed by atoms with E-state index in [-0.39, 0.29) is 19.5 Å². The van der Waals surface area contributed by atoms with Crippen LogP contribution in [0.15, 0.2) is 0 Å². The molecule has 20 heteroatoms. The van der Waals surface area contributed by atoms with E-state index in [1.807, 2.05) is 0 Å². The molecule has 3 heterocycles. The van der Waals surface area contributed by atoms with Crippen LogP contribution < -0.4 is 34.0 Å². The van der Waals surface area contributed by atoms with Crippen molar-refractivity contribution in [3.8, 4) is 0 Å². The molecule has 18 N–H and O–H groups in total. The Morgan fingerprint density at radius 2 is 1.20 bits per heavy atom. The Morgan fingerprint density at radius 3 is 1.76 bits per heavy atom. The van der Waals surface area contributed by atoms with Gasteiger partial charge in [0.25, 0.3) is 0 Å². The normalized spacial score (nSPS) is 50.8. The molecular weight excluding hydrogens is 608 g/mol. The van der Waals surface area contributed by atoms with Crippen LogP contribution >= 0.6 is 0 Å². The molecule has 1 saturated carbocycles. The molecule has 3 saturated heterocycles. The number of carbonyl (C=O) groups excluding carboxylic acids is 1. The summed E-state index contributed by atoms with van der Waals surface area (Å²) >= 11 is 0. The maximum absolute atomic E-state index is 11.4. The van der Waals surface area contributed by atoms with Crippen molar-refractivity contribution in [2.24, 2.45) is 28.7 Å². The van der Waals surface area contributed by atoms with E-state index in [4.69, 9.17) is 57.1 Å². The third kappa shape index (κ3) is 7.74. The molecule has 3 aliphatic heterocycles. The average Bonchev–Trinajstić information content (AvgIpc) is 3.30. The molecule has 19 atom stereocenters. The second-order valence-corrected chi connectivity index (χ2v) is 11.9.